The van der Waals surface area contributed by atoms with Crippen LogP contribution in [0.3, 0.4) is 0 Å². The molecule has 6 heteroatoms. The van der Waals surface area contributed by atoms with Crippen LogP contribution in [0.25, 0.3) is 0 Å². The average molecular weight is 367 g/mol. The van der Waals surface area contributed by atoms with Crippen LogP contribution >= 0.6 is 0 Å². The van der Waals surface area contributed by atoms with E-state index in [0.29, 0.717) is 19.8 Å². The summed E-state index contributed by atoms with van der Waals surface area (Å²) in [6, 6.07) is 0.125. The van der Waals surface area contributed by atoms with Gasteiger partial charge in [-0.1, -0.05) is 20.8 Å². The summed E-state index contributed by atoms with van der Waals surface area (Å²) in [4.78, 5) is 24.8. The molecule has 2 N–H and O–H groups in total. The van der Waals surface area contributed by atoms with Crippen molar-refractivity contribution in [1.82, 2.24) is 10.6 Å². The fourth-order valence-electron chi connectivity index (χ4n) is 5.15. The van der Waals surface area contributed by atoms with Crippen LogP contribution in [0.15, 0.2) is 0 Å². The summed E-state index contributed by atoms with van der Waals surface area (Å²) in [5.41, 5.74) is 0.0839. The third kappa shape index (κ3) is 4.97. The Morgan fingerprint density at radius 1 is 0.962 bits per heavy atom. The molecule has 2 heterocycles. The number of hydrogen-bond acceptors (Lipinski definition) is 4. The van der Waals surface area contributed by atoms with E-state index in [2.05, 4.69) is 31.4 Å². The van der Waals surface area contributed by atoms with Crippen molar-refractivity contribution in [3.8, 4) is 0 Å². The largest absolute Gasteiger partial charge is 0.368 e. The van der Waals surface area contributed by atoms with Crippen LogP contribution in [-0.2, 0) is 19.1 Å². The van der Waals surface area contributed by atoms with Crippen molar-refractivity contribution in [2.45, 2.75) is 84.0 Å². The van der Waals surface area contributed by atoms with Crippen molar-refractivity contribution in [1.29, 1.82) is 0 Å². The van der Waals surface area contributed by atoms with E-state index < -0.39 is 0 Å². The van der Waals surface area contributed by atoms with Crippen molar-refractivity contribution in [2.75, 3.05) is 19.8 Å². The number of ether oxygens (including phenoxy) is 2. The Labute approximate surface area is 156 Å². The van der Waals surface area contributed by atoms with Gasteiger partial charge >= 0.3 is 0 Å². The van der Waals surface area contributed by atoms with Gasteiger partial charge in [0.15, 0.2) is 0 Å². The molecule has 4 atom stereocenters. The van der Waals surface area contributed by atoms with Crippen LogP contribution < -0.4 is 10.6 Å². The Balaban J connectivity index is 1.56. The highest BCUT2D eigenvalue weighted by atomic mass is 16.5. The normalized spacial score (nSPS) is 36.7. The molecule has 2 amide bonds. The van der Waals surface area contributed by atoms with E-state index in [1.54, 1.807) is 0 Å². The SMILES string of the molecule is CC1(C)C[C@H](NC(=O)[C@H]2CCCO2)C[C@@](C)(CNC(=O)[C@@H]2CCCO2)C1. The molecule has 0 aromatic carbocycles. The summed E-state index contributed by atoms with van der Waals surface area (Å²) in [5.74, 6) is 0.0305. The molecule has 26 heavy (non-hydrogen) atoms. The van der Waals surface area contributed by atoms with Gasteiger partial charge in [0, 0.05) is 25.8 Å². The van der Waals surface area contributed by atoms with Crippen LogP contribution in [0.5, 0.6) is 0 Å². The van der Waals surface area contributed by atoms with Crippen LogP contribution in [0.1, 0.15) is 65.7 Å². The molecular weight excluding hydrogens is 332 g/mol. The number of hydrogen-bond donors (Lipinski definition) is 2. The molecule has 3 fully saturated rings. The third-order valence-electron chi connectivity index (χ3n) is 5.92. The molecule has 0 radical (unpaired) electrons. The molecule has 2 aliphatic heterocycles. The second-order valence-electron chi connectivity index (χ2n) is 9.49. The summed E-state index contributed by atoms with van der Waals surface area (Å²) < 4.78 is 11.0. The number of carbonyl (C=O) groups excluding carboxylic acids is 2. The van der Waals surface area contributed by atoms with Gasteiger partial charge in [-0.25, -0.2) is 0 Å². The van der Waals surface area contributed by atoms with Gasteiger partial charge in [-0.05, 0) is 55.8 Å². The summed E-state index contributed by atoms with van der Waals surface area (Å²) >= 11 is 0. The maximum atomic E-state index is 12.5. The lowest BCUT2D eigenvalue weighted by atomic mass is 9.62. The highest BCUT2D eigenvalue weighted by molar-refractivity contribution is 5.81. The molecule has 1 aliphatic carbocycles. The Morgan fingerprint density at radius 3 is 2.15 bits per heavy atom. The smallest absolute Gasteiger partial charge is 0.249 e. The van der Waals surface area contributed by atoms with Crippen LogP contribution in [0, 0.1) is 10.8 Å². The molecule has 3 rings (SSSR count). The highest BCUT2D eigenvalue weighted by Crippen LogP contribution is 2.45. The molecule has 0 aromatic heterocycles. The summed E-state index contributed by atoms with van der Waals surface area (Å²) in [6.45, 7) is 8.70. The molecule has 0 spiro atoms. The van der Waals surface area contributed by atoms with Gasteiger partial charge in [0.05, 0.1) is 0 Å². The molecule has 6 nitrogen and oxygen atoms in total. The minimum atomic E-state index is -0.287. The molecule has 2 saturated heterocycles. The second-order valence-corrected chi connectivity index (χ2v) is 9.49. The van der Waals surface area contributed by atoms with Gasteiger partial charge in [0.1, 0.15) is 12.2 Å². The van der Waals surface area contributed by atoms with Gasteiger partial charge in [-0.15, -0.1) is 0 Å². The van der Waals surface area contributed by atoms with Crippen LogP contribution in [0.4, 0.5) is 0 Å². The Kier molecular flexibility index (Phi) is 5.92. The Morgan fingerprint density at radius 2 is 1.58 bits per heavy atom. The van der Waals surface area contributed by atoms with Gasteiger partial charge in [-0.2, -0.15) is 0 Å². The molecular formula is C20H34N2O4. The first-order chi connectivity index (χ1) is 12.3. The zero-order chi connectivity index (χ0) is 18.8. The first kappa shape index (κ1) is 19.6. The van der Waals surface area contributed by atoms with E-state index >= 15 is 0 Å². The third-order valence-corrected chi connectivity index (χ3v) is 5.92. The lowest BCUT2D eigenvalue weighted by molar-refractivity contribution is -0.133. The lowest BCUT2D eigenvalue weighted by Gasteiger charge is -2.47. The maximum Gasteiger partial charge on any atom is 0.249 e. The van der Waals surface area contributed by atoms with Gasteiger partial charge < -0.3 is 20.1 Å². The number of amides is 2. The maximum absolute atomic E-state index is 12.5. The van der Waals surface area contributed by atoms with E-state index in [4.69, 9.17) is 9.47 Å². The van der Waals surface area contributed by atoms with Gasteiger partial charge in [0.25, 0.3) is 0 Å². The minimum absolute atomic E-state index is 0.00652. The van der Waals surface area contributed by atoms with Crippen LogP contribution in [-0.4, -0.2) is 49.8 Å². The van der Waals surface area contributed by atoms with E-state index in [0.717, 1.165) is 44.9 Å². The summed E-state index contributed by atoms with van der Waals surface area (Å²) in [7, 11) is 0. The fraction of sp³-hybridized carbons (Fsp3) is 0.900. The summed E-state index contributed by atoms with van der Waals surface area (Å²) in [5, 5.41) is 6.31. The molecule has 1 saturated carbocycles. The minimum Gasteiger partial charge on any atom is -0.368 e. The Bertz CT molecular complexity index is 524. The predicted molar refractivity (Wildman–Crippen MR) is 98.6 cm³/mol. The van der Waals surface area contributed by atoms with Gasteiger partial charge in [-0.3, -0.25) is 9.59 Å². The Hall–Kier alpha value is -1.14. The molecule has 0 aromatic rings. The standard InChI is InChI=1S/C20H34N2O4/c1-19(2)10-14(22-18(24)16-7-5-9-26-16)11-20(3,12-19)13-21-17(23)15-6-4-8-25-15/h14-16H,4-13H2,1-3H3,(H,21,23)(H,22,24)/t14-,15-,16+,20+/m0/s1. The van der Waals surface area contributed by atoms with E-state index in [1.165, 1.54) is 0 Å². The zero-order valence-corrected chi connectivity index (χ0v) is 16.4. The van der Waals surface area contributed by atoms with Gasteiger partial charge in [0.2, 0.25) is 11.8 Å². The van der Waals surface area contributed by atoms with Crippen molar-refractivity contribution in [3.63, 3.8) is 0 Å². The van der Waals surface area contributed by atoms with Crippen molar-refractivity contribution in [3.05, 3.63) is 0 Å². The van der Waals surface area contributed by atoms with Crippen LogP contribution in [0.2, 0.25) is 0 Å². The average Bonchev–Trinajstić information content (AvgIpc) is 3.23. The summed E-state index contributed by atoms with van der Waals surface area (Å²) in [6.07, 6.45) is 5.83. The number of rotatable bonds is 5. The molecule has 0 bridgehead atoms. The monoisotopic (exact) mass is 366 g/mol. The highest BCUT2D eigenvalue weighted by Gasteiger charge is 2.42. The predicted octanol–water partition coefficient (Wildman–Crippen LogP) is 2.16. The fourth-order valence-corrected chi connectivity index (χ4v) is 5.15. The van der Waals surface area contributed by atoms with E-state index in [-0.39, 0.29) is 40.9 Å². The van der Waals surface area contributed by atoms with Crippen molar-refractivity contribution in [2.24, 2.45) is 10.8 Å². The van der Waals surface area contributed by atoms with E-state index in [9.17, 15) is 9.59 Å². The molecule has 0 unspecified atom stereocenters. The lowest BCUT2D eigenvalue weighted by Crippen LogP contribution is -2.52. The zero-order valence-electron chi connectivity index (χ0n) is 16.4. The first-order valence-corrected chi connectivity index (χ1v) is 10.1. The first-order valence-electron chi connectivity index (χ1n) is 10.1. The molecule has 148 valence electrons. The van der Waals surface area contributed by atoms with Crippen molar-refractivity contribution < 1.29 is 19.1 Å². The number of nitrogens with one attached hydrogen (secondary N) is 2. The molecule has 3 aliphatic rings. The van der Waals surface area contributed by atoms with Crippen molar-refractivity contribution >= 4 is 11.8 Å². The quantitative estimate of drug-likeness (QED) is 0.782. The number of carbonyl (C=O) groups is 2. The van der Waals surface area contributed by atoms with E-state index in [1.807, 2.05) is 0 Å². The second kappa shape index (κ2) is 7.85. The topological polar surface area (TPSA) is 76.7 Å².